The van der Waals surface area contributed by atoms with Gasteiger partial charge in [-0.2, -0.15) is 0 Å². The van der Waals surface area contributed by atoms with Gasteiger partial charge >= 0.3 is 0 Å². The first-order valence-electron chi connectivity index (χ1n) is 6.49. The second kappa shape index (κ2) is 5.40. The van der Waals surface area contributed by atoms with E-state index in [2.05, 4.69) is 10.3 Å². The molecule has 1 fully saturated rings. The van der Waals surface area contributed by atoms with Crippen molar-refractivity contribution in [2.75, 3.05) is 12.4 Å². The predicted molar refractivity (Wildman–Crippen MR) is 76.9 cm³/mol. The molecule has 110 valence electrons. The van der Waals surface area contributed by atoms with Crippen LogP contribution in [0.2, 0.25) is 0 Å². The van der Waals surface area contributed by atoms with Crippen molar-refractivity contribution in [3.8, 4) is 0 Å². The van der Waals surface area contributed by atoms with Gasteiger partial charge in [0.2, 0.25) is 0 Å². The molecule has 3 rings (SSSR count). The number of hydrogen-bond donors (Lipinski definition) is 1. The highest BCUT2D eigenvalue weighted by atomic mass is 32.1. The highest BCUT2D eigenvalue weighted by molar-refractivity contribution is 7.14. The number of halogens is 2. The zero-order chi connectivity index (χ0) is 15.0. The molecule has 1 saturated carbocycles. The van der Waals surface area contributed by atoms with Crippen LogP contribution >= 0.6 is 11.3 Å². The largest absolute Gasteiger partial charge is 0.337 e. The van der Waals surface area contributed by atoms with E-state index >= 15 is 0 Å². The number of nitrogens with zero attached hydrogens (tertiary/aromatic N) is 2. The topological polar surface area (TPSA) is 45.2 Å². The lowest BCUT2D eigenvalue weighted by atomic mass is 10.3. The zero-order valence-electron chi connectivity index (χ0n) is 11.3. The maximum Gasteiger partial charge on any atom is 0.273 e. The number of amides is 1. The Morgan fingerprint density at radius 3 is 2.62 bits per heavy atom. The molecule has 21 heavy (non-hydrogen) atoms. The Bertz CT molecular complexity index is 664. The molecule has 0 aliphatic heterocycles. The van der Waals surface area contributed by atoms with Crippen molar-refractivity contribution in [2.24, 2.45) is 0 Å². The second-order valence-corrected chi connectivity index (χ2v) is 5.83. The van der Waals surface area contributed by atoms with Gasteiger partial charge in [-0.15, -0.1) is 11.3 Å². The summed E-state index contributed by atoms with van der Waals surface area (Å²) in [6.45, 7) is 0. The van der Waals surface area contributed by atoms with Gasteiger partial charge in [0.15, 0.2) is 5.13 Å². The standard InChI is InChI=1S/C14H13F2N3OS/c1-19(11-2-3-11)13(20)12-7-21-14(18-12)17-10-5-8(15)4-9(16)6-10/h4-7,11H,2-3H2,1H3,(H,17,18). The van der Waals surface area contributed by atoms with E-state index in [4.69, 9.17) is 0 Å². The van der Waals surface area contributed by atoms with Gasteiger partial charge in [0.1, 0.15) is 17.3 Å². The number of carbonyl (C=O) groups is 1. The van der Waals surface area contributed by atoms with E-state index < -0.39 is 11.6 Å². The molecule has 0 saturated heterocycles. The van der Waals surface area contributed by atoms with E-state index in [0.717, 1.165) is 18.9 Å². The first kappa shape index (κ1) is 13.9. The van der Waals surface area contributed by atoms with E-state index in [-0.39, 0.29) is 11.6 Å². The number of hydrogen-bond acceptors (Lipinski definition) is 4. The average Bonchev–Trinajstić information content (AvgIpc) is 3.16. The molecule has 1 N–H and O–H groups in total. The summed E-state index contributed by atoms with van der Waals surface area (Å²) in [6, 6.07) is 3.45. The van der Waals surface area contributed by atoms with Crippen LogP contribution in [0.25, 0.3) is 0 Å². The van der Waals surface area contributed by atoms with Gasteiger partial charge in [0.05, 0.1) is 0 Å². The predicted octanol–water partition coefficient (Wildman–Crippen LogP) is 3.40. The molecular formula is C14H13F2N3OS. The van der Waals surface area contributed by atoms with Crippen molar-refractivity contribution in [1.29, 1.82) is 0 Å². The van der Waals surface area contributed by atoms with Gasteiger partial charge in [-0.3, -0.25) is 4.79 Å². The van der Waals surface area contributed by atoms with Crippen LogP contribution in [0, 0.1) is 11.6 Å². The van der Waals surface area contributed by atoms with Gasteiger partial charge in [0, 0.05) is 30.2 Å². The highest BCUT2D eigenvalue weighted by Crippen LogP contribution is 2.28. The molecule has 7 heteroatoms. The third kappa shape index (κ3) is 3.18. The van der Waals surface area contributed by atoms with Crippen LogP contribution in [0.3, 0.4) is 0 Å². The van der Waals surface area contributed by atoms with Crippen LogP contribution in [0.1, 0.15) is 23.3 Å². The van der Waals surface area contributed by atoms with E-state index in [1.807, 2.05) is 0 Å². The molecule has 0 bridgehead atoms. The molecule has 1 aromatic carbocycles. The normalized spacial score (nSPS) is 14.0. The molecule has 2 aromatic rings. The monoisotopic (exact) mass is 309 g/mol. The molecule has 0 spiro atoms. The Balaban J connectivity index is 1.73. The fraction of sp³-hybridized carbons (Fsp3) is 0.286. The van der Waals surface area contributed by atoms with Crippen LogP contribution in [-0.4, -0.2) is 28.9 Å². The van der Waals surface area contributed by atoms with Gasteiger partial charge in [-0.1, -0.05) is 0 Å². The Kier molecular flexibility index (Phi) is 3.59. The molecule has 1 aliphatic rings. The van der Waals surface area contributed by atoms with Crippen LogP contribution < -0.4 is 5.32 Å². The number of carbonyl (C=O) groups excluding carboxylic acids is 1. The summed E-state index contributed by atoms with van der Waals surface area (Å²) in [5.74, 6) is -1.47. The van der Waals surface area contributed by atoms with Gasteiger partial charge in [0.25, 0.3) is 5.91 Å². The van der Waals surface area contributed by atoms with Crippen molar-refractivity contribution in [3.63, 3.8) is 0 Å². The minimum atomic E-state index is -0.668. The Hall–Kier alpha value is -2.02. The van der Waals surface area contributed by atoms with Crippen LogP contribution in [0.15, 0.2) is 23.6 Å². The first-order chi connectivity index (χ1) is 10.0. The first-order valence-corrected chi connectivity index (χ1v) is 7.37. The molecule has 0 radical (unpaired) electrons. The smallest absolute Gasteiger partial charge is 0.273 e. The molecule has 0 unspecified atom stereocenters. The maximum atomic E-state index is 13.1. The highest BCUT2D eigenvalue weighted by Gasteiger charge is 2.31. The summed E-state index contributed by atoms with van der Waals surface area (Å²) in [7, 11) is 1.76. The Morgan fingerprint density at radius 1 is 1.33 bits per heavy atom. The molecule has 1 amide bonds. The fourth-order valence-electron chi connectivity index (χ4n) is 1.99. The van der Waals surface area contributed by atoms with E-state index in [9.17, 15) is 13.6 Å². The van der Waals surface area contributed by atoms with Crippen LogP contribution in [0.5, 0.6) is 0 Å². The molecule has 1 aliphatic carbocycles. The van der Waals surface area contributed by atoms with Crippen molar-refractivity contribution in [1.82, 2.24) is 9.88 Å². The lowest BCUT2D eigenvalue weighted by Gasteiger charge is -2.14. The van der Waals surface area contributed by atoms with Crippen molar-refractivity contribution >= 4 is 28.1 Å². The lowest BCUT2D eigenvalue weighted by Crippen LogP contribution is -2.28. The molecule has 4 nitrogen and oxygen atoms in total. The van der Waals surface area contributed by atoms with E-state index in [1.165, 1.54) is 23.5 Å². The number of benzene rings is 1. The molecule has 0 atom stereocenters. The quantitative estimate of drug-likeness (QED) is 0.941. The van der Waals surface area contributed by atoms with Crippen LogP contribution in [-0.2, 0) is 0 Å². The van der Waals surface area contributed by atoms with Gasteiger partial charge in [-0.25, -0.2) is 13.8 Å². The fourth-order valence-corrected chi connectivity index (χ4v) is 2.69. The lowest BCUT2D eigenvalue weighted by molar-refractivity contribution is 0.0780. The van der Waals surface area contributed by atoms with Crippen LogP contribution in [0.4, 0.5) is 19.6 Å². The number of aromatic nitrogens is 1. The zero-order valence-corrected chi connectivity index (χ0v) is 12.1. The third-order valence-electron chi connectivity index (χ3n) is 3.25. The Labute approximate surface area is 124 Å². The number of thiazole rings is 1. The summed E-state index contributed by atoms with van der Waals surface area (Å²) >= 11 is 1.22. The average molecular weight is 309 g/mol. The Morgan fingerprint density at radius 2 is 2.00 bits per heavy atom. The molecular weight excluding hydrogens is 296 g/mol. The SMILES string of the molecule is CN(C(=O)c1csc(Nc2cc(F)cc(F)c2)n1)C1CC1. The second-order valence-electron chi connectivity index (χ2n) is 4.97. The summed E-state index contributed by atoms with van der Waals surface area (Å²) in [5.41, 5.74) is 0.602. The van der Waals surface area contributed by atoms with Gasteiger partial charge in [-0.05, 0) is 25.0 Å². The summed E-state index contributed by atoms with van der Waals surface area (Å²) in [6.07, 6.45) is 2.06. The minimum absolute atomic E-state index is 0.132. The maximum absolute atomic E-state index is 13.1. The van der Waals surface area contributed by atoms with Crippen molar-refractivity contribution in [2.45, 2.75) is 18.9 Å². The van der Waals surface area contributed by atoms with Crippen molar-refractivity contribution < 1.29 is 13.6 Å². The molecule has 1 heterocycles. The summed E-state index contributed by atoms with van der Waals surface area (Å²) in [5, 5.41) is 4.86. The van der Waals surface area contributed by atoms with Crippen molar-refractivity contribution in [3.05, 3.63) is 40.9 Å². The summed E-state index contributed by atoms with van der Waals surface area (Å²) < 4.78 is 26.2. The van der Waals surface area contributed by atoms with E-state index in [1.54, 1.807) is 17.3 Å². The van der Waals surface area contributed by atoms with Gasteiger partial charge < -0.3 is 10.2 Å². The third-order valence-corrected chi connectivity index (χ3v) is 4.01. The number of nitrogens with one attached hydrogen (secondary N) is 1. The summed E-state index contributed by atoms with van der Waals surface area (Å²) in [4.78, 5) is 18.0. The number of rotatable bonds is 4. The van der Waals surface area contributed by atoms with E-state index in [0.29, 0.717) is 16.9 Å². The number of anilines is 2. The molecule has 1 aromatic heterocycles. The minimum Gasteiger partial charge on any atom is -0.337 e.